The number of carbonyl (C=O) groups excluding carboxylic acids is 2. The summed E-state index contributed by atoms with van der Waals surface area (Å²) in [6, 6.07) is 4.53. The Morgan fingerprint density at radius 3 is 2.52 bits per heavy atom. The molecule has 6 nitrogen and oxygen atoms in total. The standard InChI is InChI=1S/C17H22N2O4/c1-12(17(21)19-7-3-2-4-8-19)18-16(20)13-5-6-14-15(11-13)23-10-9-22-14/h5-6,11-12H,2-4,7-10H2,1H3,(H,18,20)/t12-/m1/s1. The number of hydrogen-bond donors (Lipinski definition) is 1. The van der Waals surface area contributed by atoms with Gasteiger partial charge in [-0.2, -0.15) is 0 Å². The number of ether oxygens (including phenoxy) is 2. The van der Waals surface area contributed by atoms with Gasteiger partial charge in [0.2, 0.25) is 5.91 Å². The smallest absolute Gasteiger partial charge is 0.252 e. The van der Waals surface area contributed by atoms with Crippen molar-refractivity contribution in [3.63, 3.8) is 0 Å². The zero-order valence-electron chi connectivity index (χ0n) is 13.3. The van der Waals surface area contributed by atoms with Crippen LogP contribution in [0.25, 0.3) is 0 Å². The third-order valence-corrected chi connectivity index (χ3v) is 4.19. The van der Waals surface area contributed by atoms with Gasteiger partial charge in [0, 0.05) is 18.7 Å². The monoisotopic (exact) mass is 318 g/mol. The summed E-state index contributed by atoms with van der Waals surface area (Å²) in [5.74, 6) is 0.916. The molecule has 2 heterocycles. The normalized spacial score (nSPS) is 18.2. The van der Waals surface area contributed by atoms with Crippen LogP contribution in [0.1, 0.15) is 36.5 Å². The topological polar surface area (TPSA) is 67.9 Å². The highest BCUT2D eigenvalue weighted by molar-refractivity contribution is 5.98. The SMILES string of the molecule is C[C@@H](NC(=O)c1ccc2c(c1)OCCO2)C(=O)N1CCCCC1. The molecule has 1 aromatic carbocycles. The third-order valence-electron chi connectivity index (χ3n) is 4.19. The second-order valence-corrected chi connectivity index (χ2v) is 5.94. The zero-order valence-corrected chi connectivity index (χ0v) is 13.3. The fraction of sp³-hybridized carbons (Fsp3) is 0.529. The number of hydrogen-bond acceptors (Lipinski definition) is 4. The maximum atomic E-state index is 12.4. The van der Waals surface area contributed by atoms with Gasteiger partial charge in [0.1, 0.15) is 19.3 Å². The van der Waals surface area contributed by atoms with Crippen molar-refractivity contribution in [3.05, 3.63) is 23.8 Å². The molecule has 1 fully saturated rings. The van der Waals surface area contributed by atoms with Gasteiger partial charge >= 0.3 is 0 Å². The van der Waals surface area contributed by atoms with Crippen LogP contribution in [0.5, 0.6) is 11.5 Å². The second-order valence-electron chi connectivity index (χ2n) is 5.94. The van der Waals surface area contributed by atoms with E-state index in [4.69, 9.17) is 9.47 Å². The molecule has 2 aliphatic heterocycles. The predicted octanol–water partition coefficient (Wildman–Crippen LogP) is 1.59. The van der Waals surface area contributed by atoms with Crippen LogP contribution >= 0.6 is 0 Å². The molecular formula is C17H22N2O4. The highest BCUT2D eigenvalue weighted by atomic mass is 16.6. The van der Waals surface area contributed by atoms with Crippen molar-refractivity contribution in [1.82, 2.24) is 10.2 Å². The van der Waals surface area contributed by atoms with E-state index in [9.17, 15) is 9.59 Å². The molecule has 0 spiro atoms. The Hall–Kier alpha value is -2.24. The quantitative estimate of drug-likeness (QED) is 0.919. The van der Waals surface area contributed by atoms with Crippen molar-refractivity contribution < 1.29 is 19.1 Å². The summed E-state index contributed by atoms with van der Waals surface area (Å²) in [6.45, 7) is 4.28. The summed E-state index contributed by atoms with van der Waals surface area (Å²) < 4.78 is 10.9. The summed E-state index contributed by atoms with van der Waals surface area (Å²) in [7, 11) is 0. The molecule has 6 heteroatoms. The number of nitrogens with zero attached hydrogens (tertiary/aromatic N) is 1. The Balaban J connectivity index is 1.62. The highest BCUT2D eigenvalue weighted by Crippen LogP contribution is 2.30. The van der Waals surface area contributed by atoms with Crippen LogP contribution in [0.4, 0.5) is 0 Å². The van der Waals surface area contributed by atoms with Crippen LogP contribution in [0.2, 0.25) is 0 Å². The van der Waals surface area contributed by atoms with Gasteiger partial charge in [-0.05, 0) is 44.4 Å². The Bertz CT molecular complexity index is 596. The number of carbonyl (C=O) groups is 2. The van der Waals surface area contributed by atoms with E-state index in [1.54, 1.807) is 25.1 Å². The third kappa shape index (κ3) is 3.57. The second kappa shape index (κ2) is 6.89. The first kappa shape index (κ1) is 15.6. The van der Waals surface area contributed by atoms with Crippen molar-refractivity contribution in [3.8, 4) is 11.5 Å². The zero-order chi connectivity index (χ0) is 16.2. The minimum Gasteiger partial charge on any atom is -0.486 e. The molecule has 0 saturated carbocycles. The number of likely N-dealkylation sites (tertiary alicyclic amines) is 1. The van der Waals surface area contributed by atoms with Crippen molar-refractivity contribution in [2.24, 2.45) is 0 Å². The molecule has 0 aromatic heterocycles. The average molecular weight is 318 g/mol. The lowest BCUT2D eigenvalue weighted by atomic mass is 10.1. The van der Waals surface area contributed by atoms with E-state index >= 15 is 0 Å². The molecule has 2 amide bonds. The van der Waals surface area contributed by atoms with Crippen molar-refractivity contribution in [2.75, 3.05) is 26.3 Å². The van der Waals surface area contributed by atoms with E-state index in [-0.39, 0.29) is 11.8 Å². The molecule has 1 atom stereocenters. The van der Waals surface area contributed by atoms with Gasteiger partial charge in [0.25, 0.3) is 5.91 Å². The van der Waals surface area contributed by atoms with E-state index in [0.29, 0.717) is 30.3 Å². The summed E-state index contributed by atoms with van der Waals surface area (Å²) in [4.78, 5) is 26.5. The molecular weight excluding hydrogens is 296 g/mol. The van der Waals surface area contributed by atoms with Gasteiger partial charge in [0.05, 0.1) is 0 Å². The largest absolute Gasteiger partial charge is 0.486 e. The lowest BCUT2D eigenvalue weighted by Crippen LogP contribution is -2.48. The van der Waals surface area contributed by atoms with Crippen LogP contribution in [-0.2, 0) is 4.79 Å². The van der Waals surface area contributed by atoms with E-state index in [0.717, 1.165) is 25.9 Å². The van der Waals surface area contributed by atoms with E-state index < -0.39 is 6.04 Å². The van der Waals surface area contributed by atoms with Crippen LogP contribution in [0.3, 0.4) is 0 Å². The molecule has 1 N–H and O–H groups in total. The predicted molar refractivity (Wildman–Crippen MR) is 84.8 cm³/mol. The number of piperidine rings is 1. The molecule has 0 aliphatic carbocycles. The minimum atomic E-state index is -0.534. The van der Waals surface area contributed by atoms with Gasteiger partial charge in [-0.25, -0.2) is 0 Å². The van der Waals surface area contributed by atoms with Crippen LogP contribution in [0.15, 0.2) is 18.2 Å². The molecule has 23 heavy (non-hydrogen) atoms. The fourth-order valence-corrected chi connectivity index (χ4v) is 2.91. The van der Waals surface area contributed by atoms with Crippen LogP contribution in [0, 0.1) is 0 Å². The molecule has 0 radical (unpaired) electrons. The lowest BCUT2D eigenvalue weighted by molar-refractivity contribution is -0.133. The minimum absolute atomic E-state index is 0.0180. The number of nitrogens with one attached hydrogen (secondary N) is 1. The molecule has 1 aromatic rings. The highest BCUT2D eigenvalue weighted by Gasteiger charge is 2.24. The van der Waals surface area contributed by atoms with Crippen molar-refractivity contribution in [2.45, 2.75) is 32.2 Å². The number of rotatable bonds is 3. The summed E-state index contributed by atoms with van der Waals surface area (Å²) in [5.41, 5.74) is 0.465. The van der Waals surface area contributed by atoms with Crippen LogP contribution in [-0.4, -0.2) is 49.1 Å². The Morgan fingerprint density at radius 1 is 1.09 bits per heavy atom. The van der Waals surface area contributed by atoms with Gasteiger partial charge in [-0.15, -0.1) is 0 Å². The lowest BCUT2D eigenvalue weighted by Gasteiger charge is -2.29. The van der Waals surface area contributed by atoms with Crippen LogP contribution < -0.4 is 14.8 Å². The number of fused-ring (bicyclic) bond motifs is 1. The van der Waals surface area contributed by atoms with Gasteiger partial charge in [-0.3, -0.25) is 9.59 Å². The Kier molecular flexibility index (Phi) is 4.69. The maximum absolute atomic E-state index is 12.4. The average Bonchev–Trinajstić information content (AvgIpc) is 2.61. The Labute approximate surface area is 135 Å². The van der Waals surface area contributed by atoms with Gasteiger partial charge in [-0.1, -0.05) is 0 Å². The van der Waals surface area contributed by atoms with E-state index in [1.165, 1.54) is 6.42 Å². The summed E-state index contributed by atoms with van der Waals surface area (Å²) >= 11 is 0. The fourth-order valence-electron chi connectivity index (χ4n) is 2.91. The molecule has 2 aliphatic rings. The molecule has 1 saturated heterocycles. The number of benzene rings is 1. The van der Waals surface area contributed by atoms with Gasteiger partial charge in [0.15, 0.2) is 11.5 Å². The first-order valence-electron chi connectivity index (χ1n) is 8.14. The van der Waals surface area contributed by atoms with E-state index in [2.05, 4.69) is 5.32 Å². The first-order chi connectivity index (χ1) is 11.1. The molecule has 0 bridgehead atoms. The number of amides is 2. The summed E-state index contributed by atoms with van der Waals surface area (Å²) in [6.07, 6.45) is 3.24. The van der Waals surface area contributed by atoms with Gasteiger partial charge < -0.3 is 19.7 Å². The summed E-state index contributed by atoms with van der Waals surface area (Å²) in [5, 5.41) is 2.77. The van der Waals surface area contributed by atoms with Crippen molar-refractivity contribution in [1.29, 1.82) is 0 Å². The maximum Gasteiger partial charge on any atom is 0.252 e. The Morgan fingerprint density at radius 2 is 1.78 bits per heavy atom. The molecule has 124 valence electrons. The van der Waals surface area contributed by atoms with E-state index in [1.807, 2.05) is 4.90 Å². The molecule has 0 unspecified atom stereocenters. The first-order valence-corrected chi connectivity index (χ1v) is 8.14. The van der Waals surface area contributed by atoms with Crippen molar-refractivity contribution >= 4 is 11.8 Å². The molecule has 3 rings (SSSR count).